The van der Waals surface area contributed by atoms with E-state index in [4.69, 9.17) is 0 Å². The minimum atomic E-state index is 0.300. The van der Waals surface area contributed by atoms with Gasteiger partial charge in [-0.25, -0.2) is 0 Å². The maximum Gasteiger partial charge on any atom is 0.0701 e. The summed E-state index contributed by atoms with van der Waals surface area (Å²) in [6.07, 6.45) is 3.50. The molecule has 0 spiro atoms. The van der Waals surface area contributed by atoms with Gasteiger partial charge in [-0.2, -0.15) is 0 Å². The lowest BCUT2D eigenvalue weighted by Crippen LogP contribution is -2.22. The largest absolute Gasteiger partial charge is 0.306 e. The van der Waals surface area contributed by atoms with Crippen molar-refractivity contribution in [2.24, 2.45) is 0 Å². The van der Waals surface area contributed by atoms with Gasteiger partial charge in [0.15, 0.2) is 0 Å². The van der Waals surface area contributed by atoms with E-state index in [1.165, 1.54) is 26.9 Å². The number of aryl methyl sites for hydroxylation is 1. The van der Waals surface area contributed by atoms with Crippen molar-refractivity contribution >= 4 is 27.3 Å². The molecule has 0 radical (unpaired) electrons. The van der Waals surface area contributed by atoms with Crippen molar-refractivity contribution in [2.75, 3.05) is 6.54 Å². The quantitative estimate of drug-likeness (QED) is 0.689. The molecule has 0 aliphatic rings. The Bertz CT molecular complexity index is 535. The second-order valence-electron chi connectivity index (χ2n) is 5.07. The first-order valence-electron chi connectivity index (χ1n) is 7.30. The molecule has 108 valence electrons. The molecule has 1 aromatic carbocycles. The second-order valence-corrected chi connectivity index (χ2v) is 7.36. The van der Waals surface area contributed by atoms with Gasteiger partial charge in [0, 0.05) is 0 Å². The Morgan fingerprint density at radius 3 is 2.65 bits per heavy atom. The van der Waals surface area contributed by atoms with E-state index in [9.17, 15) is 0 Å². The molecule has 0 fully saturated rings. The maximum absolute atomic E-state index is 3.67. The highest BCUT2D eigenvalue weighted by atomic mass is 79.9. The maximum atomic E-state index is 3.67. The number of hydrogen-bond donors (Lipinski definition) is 1. The topological polar surface area (TPSA) is 12.0 Å². The zero-order chi connectivity index (χ0) is 14.4. The van der Waals surface area contributed by atoms with Crippen molar-refractivity contribution < 1.29 is 0 Å². The lowest BCUT2D eigenvalue weighted by molar-refractivity contribution is 0.599. The van der Waals surface area contributed by atoms with Gasteiger partial charge in [-0.3, -0.25) is 0 Å². The molecule has 1 heterocycles. The van der Waals surface area contributed by atoms with Crippen LogP contribution in [0.25, 0.3) is 0 Å². The number of thiophene rings is 1. The summed E-state index contributed by atoms with van der Waals surface area (Å²) in [5, 5.41) is 5.91. The minimum Gasteiger partial charge on any atom is -0.306 e. The Morgan fingerprint density at radius 2 is 2.00 bits per heavy atom. The standard InChI is InChI=1S/C17H22BrNS/c1-3-6-13-7-5-8-14(10-13)17(19-9-4-2)15-11-16(18)20-12-15/h5,7-8,10-12,17,19H,3-4,6,9H2,1-2H3. The molecule has 1 atom stereocenters. The summed E-state index contributed by atoms with van der Waals surface area (Å²) in [4.78, 5) is 0. The van der Waals surface area contributed by atoms with Crippen molar-refractivity contribution in [3.63, 3.8) is 0 Å². The zero-order valence-electron chi connectivity index (χ0n) is 12.2. The molecule has 0 bridgehead atoms. The molecule has 0 amide bonds. The average Bonchev–Trinajstić information content (AvgIpc) is 2.87. The van der Waals surface area contributed by atoms with Crippen LogP contribution in [0, 0.1) is 0 Å². The normalized spacial score (nSPS) is 12.6. The second kappa shape index (κ2) is 7.96. The Balaban J connectivity index is 2.28. The summed E-state index contributed by atoms with van der Waals surface area (Å²) < 4.78 is 1.19. The van der Waals surface area contributed by atoms with Crippen molar-refractivity contribution in [1.29, 1.82) is 0 Å². The van der Waals surface area contributed by atoms with E-state index >= 15 is 0 Å². The predicted molar refractivity (Wildman–Crippen MR) is 92.6 cm³/mol. The predicted octanol–water partition coefficient (Wildman–Crippen LogP) is 5.55. The van der Waals surface area contributed by atoms with Crippen LogP contribution in [0.4, 0.5) is 0 Å². The first-order chi connectivity index (χ1) is 9.74. The fraction of sp³-hybridized carbons (Fsp3) is 0.412. The Hall–Kier alpha value is -0.640. The number of halogens is 1. The molecular formula is C17H22BrNS. The molecule has 1 nitrogen and oxygen atoms in total. The Morgan fingerprint density at radius 1 is 1.15 bits per heavy atom. The smallest absolute Gasteiger partial charge is 0.0701 e. The van der Waals surface area contributed by atoms with E-state index in [2.05, 4.69) is 70.8 Å². The molecule has 0 saturated heterocycles. The molecule has 3 heteroatoms. The van der Waals surface area contributed by atoms with Gasteiger partial charge in [0.1, 0.15) is 0 Å². The highest BCUT2D eigenvalue weighted by Crippen LogP contribution is 2.30. The van der Waals surface area contributed by atoms with Crippen molar-refractivity contribution in [3.05, 3.63) is 56.2 Å². The first kappa shape index (κ1) is 15.7. The third-order valence-electron chi connectivity index (χ3n) is 3.34. The third kappa shape index (κ3) is 4.18. The summed E-state index contributed by atoms with van der Waals surface area (Å²) in [6.45, 7) is 5.48. The molecule has 2 rings (SSSR count). The molecule has 2 aromatic rings. The van der Waals surface area contributed by atoms with Crippen LogP contribution in [-0.4, -0.2) is 6.54 Å². The molecule has 1 unspecified atom stereocenters. The van der Waals surface area contributed by atoms with E-state index in [0.717, 1.165) is 19.4 Å². The van der Waals surface area contributed by atoms with Gasteiger partial charge < -0.3 is 5.32 Å². The van der Waals surface area contributed by atoms with Crippen molar-refractivity contribution in [2.45, 2.75) is 39.2 Å². The van der Waals surface area contributed by atoms with Gasteiger partial charge in [-0.1, -0.05) is 44.5 Å². The average molecular weight is 352 g/mol. The number of nitrogens with one attached hydrogen (secondary N) is 1. The van der Waals surface area contributed by atoms with Crippen LogP contribution < -0.4 is 5.32 Å². The van der Waals surface area contributed by atoms with Gasteiger partial charge in [0.05, 0.1) is 9.83 Å². The minimum absolute atomic E-state index is 0.300. The summed E-state index contributed by atoms with van der Waals surface area (Å²) in [6, 6.07) is 11.5. The fourth-order valence-electron chi connectivity index (χ4n) is 2.41. The highest BCUT2D eigenvalue weighted by molar-refractivity contribution is 9.11. The van der Waals surface area contributed by atoms with Gasteiger partial charge in [-0.05, 0) is 63.5 Å². The lowest BCUT2D eigenvalue weighted by Gasteiger charge is -2.19. The molecule has 0 aliphatic heterocycles. The van der Waals surface area contributed by atoms with E-state index in [0.29, 0.717) is 6.04 Å². The summed E-state index contributed by atoms with van der Waals surface area (Å²) in [7, 11) is 0. The Labute approximate surface area is 134 Å². The molecule has 20 heavy (non-hydrogen) atoms. The highest BCUT2D eigenvalue weighted by Gasteiger charge is 2.15. The number of hydrogen-bond acceptors (Lipinski definition) is 2. The van der Waals surface area contributed by atoms with Crippen LogP contribution in [0.1, 0.15) is 49.4 Å². The molecule has 1 aromatic heterocycles. The van der Waals surface area contributed by atoms with Gasteiger partial charge in [0.2, 0.25) is 0 Å². The lowest BCUT2D eigenvalue weighted by atomic mass is 9.98. The number of rotatable bonds is 7. The molecule has 1 N–H and O–H groups in total. The monoisotopic (exact) mass is 351 g/mol. The van der Waals surface area contributed by atoms with Crippen LogP contribution in [0.15, 0.2) is 39.5 Å². The zero-order valence-corrected chi connectivity index (χ0v) is 14.6. The summed E-state index contributed by atoms with van der Waals surface area (Å²) in [5.41, 5.74) is 4.15. The van der Waals surface area contributed by atoms with Gasteiger partial charge >= 0.3 is 0 Å². The van der Waals surface area contributed by atoms with Crippen LogP contribution in [0.3, 0.4) is 0 Å². The van der Waals surface area contributed by atoms with Crippen molar-refractivity contribution in [1.82, 2.24) is 5.32 Å². The summed E-state index contributed by atoms with van der Waals surface area (Å²) >= 11 is 5.32. The van der Waals surface area contributed by atoms with E-state index in [-0.39, 0.29) is 0 Å². The van der Waals surface area contributed by atoms with Gasteiger partial charge in [0.25, 0.3) is 0 Å². The summed E-state index contributed by atoms with van der Waals surface area (Å²) in [5.74, 6) is 0. The fourth-order valence-corrected chi connectivity index (χ4v) is 3.61. The molecule has 0 aliphatic carbocycles. The number of benzene rings is 1. The van der Waals surface area contributed by atoms with E-state index < -0.39 is 0 Å². The Kier molecular flexibility index (Phi) is 6.27. The van der Waals surface area contributed by atoms with E-state index in [1.807, 2.05) is 0 Å². The first-order valence-corrected chi connectivity index (χ1v) is 8.98. The van der Waals surface area contributed by atoms with Crippen LogP contribution in [-0.2, 0) is 6.42 Å². The molecular weight excluding hydrogens is 330 g/mol. The SMILES string of the molecule is CCCNC(c1cccc(CCC)c1)c1csc(Br)c1. The van der Waals surface area contributed by atoms with Crippen LogP contribution in [0.5, 0.6) is 0 Å². The van der Waals surface area contributed by atoms with Crippen LogP contribution in [0.2, 0.25) is 0 Å². The third-order valence-corrected chi connectivity index (χ3v) is 4.87. The van der Waals surface area contributed by atoms with E-state index in [1.54, 1.807) is 11.3 Å². The molecule has 0 saturated carbocycles. The van der Waals surface area contributed by atoms with Gasteiger partial charge in [-0.15, -0.1) is 11.3 Å². The van der Waals surface area contributed by atoms with Crippen molar-refractivity contribution in [3.8, 4) is 0 Å². The van der Waals surface area contributed by atoms with Crippen LogP contribution >= 0.6 is 27.3 Å².